The predicted octanol–water partition coefficient (Wildman–Crippen LogP) is 2.09. The Hall–Kier alpha value is -1.69. The van der Waals surface area contributed by atoms with Crippen molar-refractivity contribution in [3.63, 3.8) is 0 Å². The van der Waals surface area contributed by atoms with E-state index in [1.807, 2.05) is 6.07 Å². The maximum absolute atomic E-state index is 13.1. The second kappa shape index (κ2) is 3.81. The Kier molecular flexibility index (Phi) is 2.76. The van der Waals surface area contributed by atoms with Crippen molar-refractivity contribution >= 4 is 5.78 Å². The van der Waals surface area contributed by atoms with Crippen molar-refractivity contribution in [3.05, 3.63) is 35.1 Å². The molecule has 3 heteroatoms. The fourth-order valence-electron chi connectivity index (χ4n) is 0.995. The second-order valence-electron chi connectivity index (χ2n) is 2.70. The molecule has 0 heterocycles. The van der Waals surface area contributed by atoms with Gasteiger partial charge in [-0.2, -0.15) is 5.26 Å². The van der Waals surface area contributed by atoms with Crippen LogP contribution in [0.5, 0.6) is 0 Å². The first kappa shape index (κ1) is 9.40. The second-order valence-corrected chi connectivity index (χ2v) is 2.70. The van der Waals surface area contributed by atoms with Crippen LogP contribution in [0.2, 0.25) is 0 Å². The predicted molar refractivity (Wildman–Crippen MR) is 45.7 cm³/mol. The molecule has 0 unspecified atom stereocenters. The van der Waals surface area contributed by atoms with Crippen molar-refractivity contribution in [1.82, 2.24) is 0 Å². The van der Waals surface area contributed by atoms with Crippen molar-refractivity contribution < 1.29 is 9.18 Å². The average molecular weight is 177 g/mol. The topological polar surface area (TPSA) is 40.9 Å². The molecule has 0 N–H and O–H groups in total. The van der Waals surface area contributed by atoms with Gasteiger partial charge in [0.15, 0.2) is 5.78 Å². The normalized spacial score (nSPS) is 9.31. The van der Waals surface area contributed by atoms with E-state index in [1.54, 1.807) is 0 Å². The third-order valence-electron chi connectivity index (χ3n) is 1.73. The van der Waals surface area contributed by atoms with Gasteiger partial charge in [0.25, 0.3) is 0 Å². The lowest BCUT2D eigenvalue weighted by Crippen LogP contribution is -1.96. The van der Waals surface area contributed by atoms with Gasteiger partial charge in [0.1, 0.15) is 5.82 Å². The molecule has 0 saturated carbocycles. The number of carbonyl (C=O) groups is 1. The van der Waals surface area contributed by atoms with E-state index in [4.69, 9.17) is 5.26 Å². The molecule has 66 valence electrons. The summed E-state index contributed by atoms with van der Waals surface area (Å²) in [6, 6.07) is 6.00. The Morgan fingerprint density at radius 1 is 1.62 bits per heavy atom. The van der Waals surface area contributed by atoms with E-state index in [0.29, 0.717) is 11.1 Å². The Morgan fingerprint density at radius 2 is 2.31 bits per heavy atom. The van der Waals surface area contributed by atoms with Gasteiger partial charge in [0.05, 0.1) is 12.5 Å². The van der Waals surface area contributed by atoms with Crippen molar-refractivity contribution in [3.8, 4) is 6.07 Å². The molecule has 2 nitrogen and oxygen atoms in total. The van der Waals surface area contributed by atoms with E-state index < -0.39 is 5.82 Å². The summed E-state index contributed by atoms with van der Waals surface area (Å²) in [5, 5.41) is 8.34. The van der Waals surface area contributed by atoms with Crippen molar-refractivity contribution in [2.45, 2.75) is 13.3 Å². The number of ketones is 1. The van der Waals surface area contributed by atoms with E-state index in [-0.39, 0.29) is 12.2 Å². The molecule has 0 aliphatic heterocycles. The number of nitriles is 1. The van der Waals surface area contributed by atoms with E-state index in [0.717, 1.165) is 6.07 Å². The molecular weight excluding hydrogens is 169 g/mol. The van der Waals surface area contributed by atoms with Gasteiger partial charge in [-0.3, -0.25) is 4.79 Å². The van der Waals surface area contributed by atoms with Crippen LogP contribution in [-0.4, -0.2) is 5.78 Å². The minimum atomic E-state index is -0.491. The van der Waals surface area contributed by atoms with Crippen LogP contribution in [0, 0.1) is 17.1 Å². The Morgan fingerprint density at radius 3 is 2.77 bits per heavy atom. The number of rotatable bonds is 2. The molecule has 0 aromatic heterocycles. The van der Waals surface area contributed by atoms with Crippen LogP contribution in [0.4, 0.5) is 4.39 Å². The lowest BCUT2D eigenvalue weighted by Gasteiger charge is -1.99. The largest absolute Gasteiger partial charge is 0.295 e. The summed E-state index contributed by atoms with van der Waals surface area (Å²) in [5.74, 6) is -0.670. The molecule has 0 radical (unpaired) electrons. The summed E-state index contributed by atoms with van der Waals surface area (Å²) in [7, 11) is 0. The molecule has 0 amide bonds. The summed E-state index contributed by atoms with van der Waals surface area (Å²) >= 11 is 0. The number of hydrogen-bond acceptors (Lipinski definition) is 2. The lowest BCUT2D eigenvalue weighted by atomic mass is 10.1. The van der Waals surface area contributed by atoms with Crippen LogP contribution in [0.15, 0.2) is 18.2 Å². The van der Waals surface area contributed by atoms with E-state index >= 15 is 0 Å². The third kappa shape index (κ3) is 2.12. The summed E-state index contributed by atoms with van der Waals surface area (Å²) in [6.45, 7) is 1.37. The number of nitrogens with zero attached hydrogens (tertiary/aromatic N) is 1. The Bertz CT molecular complexity index is 379. The van der Waals surface area contributed by atoms with Gasteiger partial charge >= 0.3 is 0 Å². The molecule has 13 heavy (non-hydrogen) atoms. The summed E-state index contributed by atoms with van der Waals surface area (Å²) in [6.07, 6.45) is 0.0318. The van der Waals surface area contributed by atoms with Crippen LogP contribution in [-0.2, 0) is 6.42 Å². The fourth-order valence-corrected chi connectivity index (χ4v) is 0.995. The molecule has 1 rings (SSSR count). The smallest absolute Gasteiger partial charge is 0.159 e. The number of benzene rings is 1. The van der Waals surface area contributed by atoms with Crippen LogP contribution in [0.25, 0.3) is 0 Å². The van der Waals surface area contributed by atoms with Crippen LogP contribution in [0.1, 0.15) is 22.8 Å². The first-order chi connectivity index (χ1) is 6.15. The van der Waals surface area contributed by atoms with E-state index in [9.17, 15) is 9.18 Å². The van der Waals surface area contributed by atoms with E-state index in [2.05, 4.69) is 0 Å². The zero-order valence-electron chi connectivity index (χ0n) is 7.17. The minimum absolute atomic E-state index is 0.0318. The van der Waals surface area contributed by atoms with Crippen LogP contribution >= 0.6 is 0 Å². The molecule has 0 spiro atoms. The maximum atomic E-state index is 13.1. The summed E-state index contributed by atoms with van der Waals surface area (Å²) < 4.78 is 13.1. The highest BCUT2D eigenvalue weighted by Gasteiger charge is 2.05. The molecule has 0 atom stereocenters. The van der Waals surface area contributed by atoms with Crippen LogP contribution < -0.4 is 0 Å². The number of hydrogen-bond donors (Lipinski definition) is 0. The monoisotopic (exact) mass is 177 g/mol. The Balaban J connectivity index is 3.07. The molecule has 0 aliphatic rings. The number of halogens is 1. The van der Waals surface area contributed by atoms with Gasteiger partial charge < -0.3 is 0 Å². The SMILES string of the molecule is CC(=O)c1ccc(CC#N)c(F)c1. The van der Waals surface area contributed by atoms with Crippen molar-refractivity contribution in [2.24, 2.45) is 0 Å². The Labute approximate surface area is 75.6 Å². The van der Waals surface area contributed by atoms with E-state index in [1.165, 1.54) is 19.1 Å². The van der Waals surface area contributed by atoms with Gasteiger partial charge in [0.2, 0.25) is 0 Å². The van der Waals surface area contributed by atoms with Crippen molar-refractivity contribution in [1.29, 1.82) is 5.26 Å². The molecule has 1 aromatic rings. The van der Waals surface area contributed by atoms with Gasteiger partial charge in [-0.1, -0.05) is 12.1 Å². The standard InChI is InChI=1S/C10H8FNO/c1-7(13)9-3-2-8(4-5-12)10(11)6-9/h2-3,6H,4H2,1H3. The molecule has 0 aliphatic carbocycles. The van der Waals surface area contributed by atoms with Gasteiger partial charge in [-0.25, -0.2) is 4.39 Å². The lowest BCUT2D eigenvalue weighted by molar-refractivity contribution is 0.101. The van der Waals surface area contributed by atoms with Gasteiger partial charge in [-0.15, -0.1) is 0 Å². The molecule has 0 saturated heterocycles. The third-order valence-corrected chi connectivity index (χ3v) is 1.73. The highest BCUT2D eigenvalue weighted by molar-refractivity contribution is 5.94. The number of carbonyl (C=O) groups excluding carboxylic acids is 1. The molecule has 0 bridgehead atoms. The molecule has 0 fully saturated rings. The first-order valence-electron chi connectivity index (χ1n) is 3.81. The van der Waals surface area contributed by atoms with Gasteiger partial charge in [0, 0.05) is 11.1 Å². The number of Topliss-reactive ketones (excluding diaryl/α,β-unsaturated/α-hetero) is 1. The minimum Gasteiger partial charge on any atom is -0.295 e. The van der Waals surface area contributed by atoms with Crippen LogP contribution in [0.3, 0.4) is 0 Å². The highest BCUT2D eigenvalue weighted by atomic mass is 19.1. The first-order valence-corrected chi connectivity index (χ1v) is 3.81. The average Bonchev–Trinajstić information content (AvgIpc) is 2.08. The van der Waals surface area contributed by atoms with Crippen molar-refractivity contribution in [2.75, 3.05) is 0 Å². The maximum Gasteiger partial charge on any atom is 0.159 e. The molecule has 1 aromatic carbocycles. The molecular formula is C10H8FNO. The quantitative estimate of drug-likeness (QED) is 0.649. The summed E-state index contributed by atoms with van der Waals surface area (Å²) in [4.78, 5) is 10.8. The fraction of sp³-hybridized carbons (Fsp3) is 0.200. The summed E-state index contributed by atoms with van der Waals surface area (Å²) in [5.41, 5.74) is 0.659. The zero-order valence-corrected chi connectivity index (χ0v) is 7.17. The van der Waals surface area contributed by atoms with Gasteiger partial charge in [-0.05, 0) is 13.0 Å². The highest BCUT2D eigenvalue weighted by Crippen LogP contribution is 2.11. The zero-order chi connectivity index (χ0) is 9.84.